The summed E-state index contributed by atoms with van der Waals surface area (Å²) in [5, 5.41) is 3.29. The number of carbonyl (C=O) groups excluding carboxylic acids is 1. The van der Waals surface area contributed by atoms with Crippen molar-refractivity contribution in [2.45, 2.75) is 45.1 Å². The third-order valence-electron chi connectivity index (χ3n) is 3.38. The van der Waals surface area contributed by atoms with Gasteiger partial charge in [0.05, 0.1) is 6.10 Å². The van der Waals surface area contributed by atoms with Gasteiger partial charge in [-0.2, -0.15) is 0 Å². The van der Waals surface area contributed by atoms with E-state index in [0.29, 0.717) is 17.3 Å². The summed E-state index contributed by atoms with van der Waals surface area (Å²) < 4.78 is 5.60. The number of aromatic nitrogens is 1. The molecule has 0 spiro atoms. The zero-order chi connectivity index (χ0) is 14.4. The SMILES string of the molecule is CCCc1cc(C(=O)NCC2CCCCO2)cc(Cl)n1. The normalized spacial score (nSPS) is 18.8. The maximum absolute atomic E-state index is 12.1. The highest BCUT2D eigenvalue weighted by Gasteiger charge is 2.16. The van der Waals surface area contributed by atoms with Crippen molar-refractivity contribution in [2.75, 3.05) is 13.2 Å². The van der Waals surface area contributed by atoms with Gasteiger partial charge in [0.1, 0.15) is 5.15 Å². The molecule has 1 aliphatic rings. The Kier molecular flexibility index (Phi) is 5.80. The van der Waals surface area contributed by atoms with Crippen molar-refractivity contribution in [1.29, 1.82) is 0 Å². The van der Waals surface area contributed by atoms with E-state index in [9.17, 15) is 4.79 Å². The summed E-state index contributed by atoms with van der Waals surface area (Å²) in [6.07, 6.45) is 5.24. The number of nitrogens with one attached hydrogen (secondary N) is 1. The first-order valence-corrected chi connectivity index (χ1v) is 7.63. The van der Waals surface area contributed by atoms with Gasteiger partial charge in [-0.15, -0.1) is 0 Å². The van der Waals surface area contributed by atoms with E-state index >= 15 is 0 Å². The summed E-state index contributed by atoms with van der Waals surface area (Å²) in [6, 6.07) is 3.42. The first-order chi connectivity index (χ1) is 9.69. The number of hydrogen-bond acceptors (Lipinski definition) is 3. The van der Waals surface area contributed by atoms with Gasteiger partial charge in [-0.1, -0.05) is 24.9 Å². The number of amides is 1. The predicted molar refractivity (Wildman–Crippen MR) is 79.2 cm³/mol. The van der Waals surface area contributed by atoms with Gasteiger partial charge < -0.3 is 10.1 Å². The number of halogens is 1. The summed E-state index contributed by atoms with van der Waals surface area (Å²) >= 11 is 5.96. The Hall–Kier alpha value is -1.13. The van der Waals surface area contributed by atoms with Crippen LogP contribution in [-0.2, 0) is 11.2 Å². The van der Waals surface area contributed by atoms with Crippen LogP contribution in [0.25, 0.3) is 0 Å². The third-order valence-corrected chi connectivity index (χ3v) is 3.57. The van der Waals surface area contributed by atoms with Crippen molar-refractivity contribution in [3.8, 4) is 0 Å². The molecule has 110 valence electrons. The number of carbonyl (C=O) groups is 1. The molecule has 1 atom stereocenters. The first kappa shape index (κ1) is 15.3. The van der Waals surface area contributed by atoms with Crippen LogP contribution < -0.4 is 5.32 Å². The van der Waals surface area contributed by atoms with E-state index in [1.54, 1.807) is 6.07 Å². The van der Waals surface area contributed by atoms with Gasteiger partial charge in [-0.3, -0.25) is 4.79 Å². The Morgan fingerprint density at radius 3 is 3.05 bits per heavy atom. The predicted octanol–water partition coefficient (Wildman–Crippen LogP) is 2.99. The fraction of sp³-hybridized carbons (Fsp3) is 0.600. The number of pyridine rings is 1. The van der Waals surface area contributed by atoms with Crippen molar-refractivity contribution in [3.05, 3.63) is 28.5 Å². The molecule has 1 fully saturated rings. The van der Waals surface area contributed by atoms with Gasteiger partial charge in [0.15, 0.2) is 0 Å². The van der Waals surface area contributed by atoms with E-state index in [4.69, 9.17) is 16.3 Å². The zero-order valence-corrected chi connectivity index (χ0v) is 12.6. The molecule has 0 radical (unpaired) electrons. The smallest absolute Gasteiger partial charge is 0.251 e. The van der Waals surface area contributed by atoms with Crippen LogP contribution in [0.3, 0.4) is 0 Å². The van der Waals surface area contributed by atoms with Gasteiger partial charge in [0.25, 0.3) is 5.91 Å². The minimum Gasteiger partial charge on any atom is -0.376 e. The van der Waals surface area contributed by atoms with Crippen molar-refractivity contribution in [2.24, 2.45) is 0 Å². The van der Waals surface area contributed by atoms with Gasteiger partial charge >= 0.3 is 0 Å². The lowest BCUT2D eigenvalue weighted by molar-refractivity contribution is 0.0169. The third kappa shape index (κ3) is 4.46. The van der Waals surface area contributed by atoms with Crippen LogP contribution in [0.5, 0.6) is 0 Å². The maximum Gasteiger partial charge on any atom is 0.251 e. The standard InChI is InChI=1S/C15H21ClN2O2/c1-2-5-12-8-11(9-14(16)18-12)15(19)17-10-13-6-3-4-7-20-13/h8-9,13H,2-7,10H2,1H3,(H,17,19). The van der Waals surface area contributed by atoms with Crippen LogP contribution in [-0.4, -0.2) is 30.1 Å². The molecule has 0 bridgehead atoms. The molecule has 1 N–H and O–H groups in total. The summed E-state index contributed by atoms with van der Waals surface area (Å²) in [5.74, 6) is -0.110. The molecular weight excluding hydrogens is 276 g/mol. The van der Waals surface area contributed by atoms with Gasteiger partial charge in [-0.25, -0.2) is 4.98 Å². The van der Waals surface area contributed by atoms with E-state index in [0.717, 1.165) is 38.0 Å². The van der Waals surface area contributed by atoms with Crippen molar-refractivity contribution < 1.29 is 9.53 Å². The minimum atomic E-state index is -0.110. The second kappa shape index (κ2) is 7.60. The average molecular weight is 297 g/mol. The lowest BCUT2D eigenvalue weighted by Crippen LogP contribution is -2.35. The Bertz CT molecular complexity index is 459. The Morgan fingerprint density at radius 2 is 2.35 bits per heavy atom. The minimum absolute atomic E-state index is 0.110. The zero-order valence-electron chi connectivity index (χ0n) is 11.8. The van der Waals surface area contributed by atoms with E-state index in [2.05, 4.69) is 17.2 Å². The topological polar surface area (TPSA) is 51.2 Å². The summed E-state index contributed by atoms with van der Waals surface area (Å²) in [4.78, 5) is 16.4. The molecule has 5 heteroatoms. The van der Waals surface area contributed by atoms with Crippen LogP contribution in [0.4, 0.5) is 0 Å². The van der Waals surface area contributed by atoms with Gasteiger partial charge in [-0.05, 0) is 37.8 Å². The van der Waals surface area contributed by atoms with Crippen LogP contribution in [0.1, 0.15) is 48.7 Å². The summed E-state index contributed by atoms with van der Waals surface area (Å²) in [5.41, 5.74) is 1.43. The number of rotatable bonds is 5. The second-order valence-electron chi connectivity index (χ2n) is 5.12. The Balaban J connectivity index is 1.93. The second-order valence-corrected chi connectivity index (χ2v) is 5.51. The molecule has 1 aromatic heterocycles. The number of nitrogens with zero attached hydrogens (tertiary/aromatic N) is 1. The lowest BCUT2D eigenvalue weighted by atomic mass is 10.1. The highest BCUT2D eigenvalue weighted by Crippen LogP contribution is 2.14. The molecule has 1 amide bonds. The maximum atomic E-state index is 12.1. The van der Waals surface area contributed by atoms with Crippen LogP contribution in [0, 0.1) is 0 Å². The van der Waals surface area contributed by atoms with E-state index < -0.39 is 0 Å². The van der Waals surface area contributed by atoms with Gasteiger partial charge in [0, 0.05) is 24.4 Å². The van der Waals surface area contributed by atoms with E-state index in [-0.39, 0.29) is 12.0 Å². The first-order valence-electron chi connectivity index (χ1n) is 7.25. The summed E-state index contributed by atoms with van der Waals surface area (Å²) in [6.45, 7) is 3.42. The molecule has 1 saturated heterocycles. The van der Waals surface area contributed by atoms with Crippen LogP contribution >= 0.6 is 11.6 Å². The lowest BCUT2D eigenvalue weighted by Gasteiger charge is -2.22. The quantitative estimate of drug-likeness (QED) is 0.850. The van der Waals surface area contributed by atoms with E-state index in [1.165, 1.54) is 6.42 Å². The van der Waals surface area contributed by atoms with Crippen LogP contribution in [0.15, 0.2) is 12.1 Å². The molecule has 1 aromatic rings. The molecule has 2 heterocycles. The number of ether oxygens (including phenoxy) is 1. The van der Waals surface area contributed by atoms with Crippen LogP contribution in [0.2, 0.25) is 5.15 Å². The molecule has 2 rings (SSSR count). The van der Waals surface area contributed by atoms with E-state index in [1.807, 2.05) is 6.07 Å². The molecule has 20 heavy (non-hydrogen) atoms. The fourth-order valence-electron chi connectivity index (χ4n) is 2.34. The molecule has 4 nitrogen and oxygen atoms in total. The molecule has 0 aliphatic carbocycles. The highest BCUT2D eigenvalue weighted by atomic mass is 35.5. The Morgan fingerprint density at radius 1 is 1.50 bits per heavy atom. The van der Waals surface area contributed by atoms with Gasteiger partial charge in [0.2, 0.25) is 0 Å². The molecule has 0 saturated carbocycles. The van der Waals surface area contributed by atoms with Crippen molar-refractivity contribution >= 4 is 17.5 Å². The number of aryl methyl sites for hydroxylation is 1. The molecule has 1 aliphatic heterocycles. The Labute approximate surface area is 124 Å². The monoisotopic (exact) mass is 296 g/mol. The fourth-order valence-corrected chi connectivity index (χ4v) is 2.57. The molecule has 0 aromatic carbocycles. The van der Waals surface area contributed by atoms with Crippen molar-refractivity contribution in [3.63, 3.8) is 0 Å². The summed E-state index contributed by atoms with van der Waals surface area (Å²) in [7, 11) is 0. The largest absolute Gasteiger partial charge is 0.376 e. The molecule has 1 unspecified atom stereocenters. The number of hydrogen-bond donors (Lipinski definition) is 1. The highest BCUT2D eigenvalue weighted by molar-refractivity contribution is 6.29. The average Bonchev–Trinajstić information content (AvgIpc) is 2.45. The molecular formula is C15H21ClN2O2. The van der Waals surface area contributed by atoms with Crippen molar-refractivity contribution in [1.82, 2.24) is 10.3 Å².